The van der Waals surface area contributed by atoms with E-state index in [0.29, 0.717) is 0 Å². The average molecular weight is 217 g/mol. The zero-order valence-corrected chi connectivity index (χ0v) is 8.89. The largest absolute Gasteiger partial charge is 0.308 e. The molecule has 0 unspecified atom stereocenters. The fraction of sp³-hybridized carbons (Fsp3) is 0.167. The summed E-state index contributed by atoms with van der Waals surface area (Å²) in [5.41, 5.74) is 1.78. The molecule has 2 aromatic rings. The zero-order chi connectivity index (χ0) is 11.4. The summed E-state index contributed by atoms with van der Waals surface area (Å²) in [4.78, 5) is 8.25. The van der Waals surface area contributed by atoms with Crippen LogP contribution in [0.3, 0.4) is 0 Å². The second-order valence-corrected chi connectivity index (χ2v) is 3.40. The molecule has 1 aromatic carbocycles. The van der Waals surface area contributed by atoms with Crippen molar-refractivity contribution in [2.24, 2.45) is 0 Å². The van der Waals surface area contributed by atoms with Crippen molar-refractivity contribution in [2.45, 2.75) is 6.04 Å². The van der Waals surface area contributed by atoms with Crippen molar-refractivity contribution in [3.63, 3.8) is 0 Å². The number of hydrogen-bond donors (Lipinski definition) is 1. The lowest BCUT2D eigenvalue weighted by molar-refractivity contribution is 0.621. The van der Waals surface area contributed by atoms with Crippen molar-refractivity contribution in [3.05, 3.63) is 59.9 Å². The minimum Gasteiger partial charge on any atom is -0.308 e. The van der Waals surface area contributed by atoms with Gasteiger partial charge in [-0.3, -0.25) is 9.97 Å². The van der Waals surface area contributed by atoms with Crippen LogP contribution in [-0.2, 0) is 0 Å². The molecule has 0 saturated carbocycles. The molecule has 0 bridgehead atoms. The minimum atomic E-state index is -0.238. The van der Waals surface area contributed by atoms with Crippen molar-refractivity contribution < 1.29 is 4.39 Å². The van der Waals surface area contributed by atoms with Gasteiger partial charge in [-0.05, 0) is 24.7 Å². The fourth-order valence-corrected chi connectivity index (χ4v) is 1.60. The van der Waals surface area contributed by atoms with Gasteiger partial charge in [0.2, 0.25) is 0 Å². The summed E-state index contributed by atoms with van der Waals surface area (Å²) in [5.74, 6) is -0.238. The molecular weight excluding hydrogens is 205 g/mol. The summed E-state index contributed by atoms with van der Waals surface area (Å²) in [6.07, 6.45) is 4.97. The molecule has 1 aromatic heterocycles. The van der Waals surface area contributed by atoms with E-state index in [4.69, 9.17) is 0 Å². The van der Waals surface area contributed by atoms with E-state index < -0.39 is 0 Å². The van der Waals surface area contributed by atoms with E-state index in [1.807, 2.05) is 7.05 Å². The van der Waals surface area contributed by atoms with Gasteiger partial charge >= 0.3 is 0 Å². The topological polar surface area (TPSA) is 37.8 Å². The molecule has 4 heteroatoms. The summed E-state index contributed by atoms with van der Waals surface area (Å²) in [7, 11) is 1.84. The Balaban J connectivity index is 2.33. The Bertz CT molecular complexity index is 442. The van der Waals surface area contributed by atoms with E-state index in [1.54, 1.807) is 30.7 Å². The molecule has 0 aliphatic rings. The molecule has 0 aliphatic carbocycles. The predicted molar refractivity (Wildman–Crippen MR) is 59.3 cm³/mol. The molecule has 0 fully saturated rings. The van der Waals surface area contributed by atoms with Gasteiger partial charge in [0.1, 0.15) is 5.82 Å². The van der Waals surface area contributed by atoms with Crippen LogP contribution in [0.25, 0.3) is 0 Å². The van der Waals surface area contributed by atoms with Gasteiger partial charge in [-0.1, -0.05) is 12.1 Å². The highest BCUT2D eigenvalue weighted by Gasteiger charge is 2.12. The predicted octanol–water partition coefficient (Wildman–Crippen LogP) is 1.92. The van der Waals surface area contributed by atoms with Crippen molar-refractivity contribution in [3.8, 4) is 0 Å². The molecule has 0 radical (unpaired) electrons. The first-order valence-electron chi connectivity index (χ1n) is 5.00. The van der Waals surface area contributed by atoms with Crippen LogP contribution in [-0.4, -0.2) is 17.0 Å². The monoisotopic (exact) mass is 217 g/mol. The first-order valence-corrected chi connectivity index (χ1v) is 5.00. The minimum absolute atomic E-state index is 0.0608. The van der Waals surface area contributed by atoms with Gasteiger partial charge in [0.25, 0.3) is 0 Å². The molecule has 0 spiro atoms. The normalized spacial score (nSPS) is 12.4. The maximum atomic E-state index is 12.8. The molecule has 1 atom stereocenters. The quantitative estimate of drug-likeness (QED) is 0.853. The Labute approximate surface area is 93.4 Å². The van der Waals surface area contributed by atoms with Gasteiger partial charge in [0, 0.05) is 12.4 Å². The third-order valence-electron chi connectivity index (χ3n) is 2.37. The highest BCUT2D eigenvalue weighted by Crippen LogP contribution is 2.19. The molecule has 2 rings (SSSR count). The van der Waals surface area contributed by atoms with Crippen LogP contribution in [0.4, 0.5) is 4.39 Å². The maximum absolute atomic E-state index is 12.8. The van der Waals surface area contributed by atoms with Crippen molar-refractivity contribution in [1.29, 1.82) is 0 Å². The van der Waals surface area contributed by atoms with E-state index in [2.05, 4.69) is 15.3 Å². The molecule has 82 valence electrons. The summed E-state index contributed by atoms with van der Waals surface area (Å²) in [6, 6.07) is 6.30. The van der Waals surface area contributed by atoms with E-state index >= 15 is 0 Å². The summed E-state index contributed by atoms with van der Waals surface area (Å²) in [5, 5.41) is 3.13. The molecule has 1 heterocycles. The third-order valence-corrected chi connectivity index (χ3v) is 2.37. The zero-order valence-electron chi connectivity index (χ0n) is 8.89. The van der Waals surface area contributed by atoms with Crippen molar-refractivity contribution >= 4 is 0 Å². The van der Waals surface area contributed by atoms with Gasteiger partial charge in [-0.25, -0.2) is 4.39 Å². The van der Waals surface area contributed by atoms with Crippen LogP contribution < -0.4 is 5.32 Å². The highest BCUT2D eigenvalue weighted by molar-refractivity contribution is 5.26. The Kier molecular flexibility index (Phi) is 3.22. The molecule has 1 N–H and O–H groups in total. The lowest BCUT2D eigenvalue weighted by Gasteiger charge is -2.15. The van der Waals surface area contributed by atoms with Crippen LogP contribution in [0.1, 0.15) is 17.3 Å². The van der Waals surface area contributed by atoms with Crippen LogP contribution in [0.2, 0.25) is 0 Å². The molecule has 0 amide bonds. The number of benzene rings is 1. The van der Waals surface area contributed by atoms with Crippen LogP contribution >= 0.6 is 0 Å². The number of nitrogens with zero attached hydrogens (tertiary/aromatic N) is 2. The number of halogens is 1. The molecule has 16 heavy (non-hydrogen) atoms. The molecular formula is C12H12FN3. The number of hydrogen-bond acceptors (Lipinski definition) is 3. The van der Waals surface area contributed by atoms with Gasteiger partial charge in [0.15, 0.2) is 0 Å². The lowest BCUT2D eigenvalue weighted by atomic mass is 10.0. The van der Waals surface area contributed by atoms with E-state index in [0.717, 1.165) is 11.3 Å². The highest BCUT2D eigenvalue weighted by atomic mass is 19.1. The number of rotatable bonds is 3. The molecule has 3 nitrogen and oxygen atoms in total. The Morgan fingerprint density at radius 3 is 2.50 bits per heavy atom. The number of aromatic nitrogens is 2. The van der Waals surface area contributed by atoms with Gasteiger partial charge in [-0.2, -0.15) is 0 Å². The third kappa shape index (κ3) is 2.23. The average Bonchev–Trinajstić information content (AvgIpc) is 2.34. The molecule has 0 saturated heterocycles. The lowest BCUT2D eigenvalue weighted by Crippen LogP contribution is -2.18. The second-order valence-electron chi connectivity index (χ2n) is 3.40. The Hall–Kier alpha value is -1.81. The van der Waals surface area contributed by atoms with Crippen LogP contribution in [0, 0.1) is 5.82 Å². The Morgan fingerprint density at radius 2 is 1.94 bits per heavy atom. The first kappa shape index (κ1) is 10.7. The first-order chi connectivity index (χ1) is 7.81. The maximum Gasteiger partial charge on any atom is 0.123 e. The van der Waals surface area contributed by atoms with E-state index in [9.17, 15) is 4.39 Å². The van der Waals surface area contributed by atoms with Crippen molar-refractivity contribution in [2.75, 3.05) is 7.05 Å². The van der Waals surface area contributed by atoms with Crippen LogP contribution in [0.15, 0.2) is 42.9 Å². The fourth-order valence-electron chi connectivity index (χ4n) is 1.60. The summed E-state index contributed by atoms with van der Waals surface area (Å²) < 4.78 is 12.8. The van der Waals surface area contributed by atoms with Crippen molar-refractivity contribution in [1.82, 2.24) is 15.3 Å². The van der Waals surface area contributed by atoms with Gasteiger partial charge in [-0.15, -0.1) is 0 Å². The summed E-state index contributed by atoms with van der Waals surface area (Å²) >= 11 is 0. The van der Waals surface area contributed by atoms with Gasteiger partial charge in [0.05, 0.1) is 17.9 Å². The standard InChI is InChI=1S/C12H12FN3/c1-14-12(11-8-15-6-7-16-11)9-2-4-10(13)5-3-9/h2-8,12,14H,1H3/t12-/m0/s1. The smallest absolute Gasteiger partial charge is 0.123 e. The van der Waals surface area contributed by atoms with Crippen LogP contribution in [0.5, 0.6) is 0 Å². The van der Waals surface area contributed by atoms with E-state index in [1.165, 1.54) is 12.1 Å². The molecule has 0 aliphatic heterocycles. The second kappa shape index (κ2) is 4.81. The SMILES string of the molecule is CN[C@@H](c1ccc(F)cc1)c1cnccn1. The van der Waals surface area contributed by atoms with Gasteiger partial charge < -0.3 is 5.32 Å². The Morgan fingerprint density at radius 1 is 1.19 bits per heavy atom. The number of nitrogens with one attached hydrogen (secondary N) is 1. The van der Waals surface area contributed by atoms with E-state index in [-0.39, 0.29) is 11.9 Å². The summed E-state index contributed by atoms with van der Waals surface area (Å²) in [6.45, 7) is 0.